The molecule has 84 valence electrons. The molecule has 0 aliphatic heterocycles. The highest BCUT2D eigenvalue weighted by atomic mass is 32.2. The lowest BCUT2D eigenvalue weighted by atomic mass is 10.2. The second kappa shape index (κ2) is 5.88. The molecule has 0 unspecified atom stereocenters. The van der Waals surface area contributed by atoms with Crippen molar-refractivity contribution in [3.63, 3.8) is 0 Å². The van der Waals surface area contributed by atoms with E-state index in [1.807, 2.05) is 18.4 Å². The first-order valence-electron chi connectivity index (χ1n) is 4.75. The molecule has 0 fully saturated rings. The number of thioether (sulfide) groups is 1. The third-order valence-electron chi connectivity index (χ3n) is 2.20. The molecular weight excluding hydrogens is 211 g/mol. The smallest absolute Gasteiger partial charge is 0.132 e. The van der Waals surface area contributed by atoms with Gasteiger partial charge in [0.25, 0.3) is 0 Å². The SMILES string of the molecule is COc1cc(SC)c(OC)[13cH]c1CCN. The molecule has 0 amide bonds. The molecule has 2 N–H and O–H groups in total. The van der Waals surface area contributed by atoms with Crippen molar-refractivity contribution in [3.8, 4) is 11.5 Å². The molecule has 0 aliphatic rings. The highest BCUT2D eigenvalue weighted by Gasteiger charge is 2.09. The first-order valence-corrected chi connectivity index (χ1v) is 5.98. The number of nitrogens with two attached hydrogens (primary N) is 1. The van der Waals surface area contributed by atoms with Gasteiger partial charge >= 0.3 is 0 Å². The summed E-state index contributed by atoms with van der Waals surface area (Å²) < 4.78 is 10.6. The standard InChI is InChI=1S/C11H17NO2S/c1-13-9-7-11(15-3)10(14-2)6-8(9)4-5-12/h6-7H,4-5,12H2,1-3H3/i6+1. The molecule has 0 aromatic heterocycles. The predicted octanol–water partition coefficient (Wildman–Crippen LogP) is 1.93. The van der Waals surface area contributed by atoms with E-state index in [2.05, 4.69) is 0 Å². The summed E-state index contributed by atoms with van der Waals surface area (Å²) in [5, 5.41) is 0. The van der Waals surface area contributed by atoms with E-state index in [-0.39, 0.29) is 0 Å². The maximum Gasteiger partial charge on any atom is 0.132 e. The number of methoxy groups -OCH3 is 2. The van der Waals surface area contributed by atoms with Crippen molar-refractivity contribution in [1.82, 2.24) is 0 Å². The summed E-state index contributed by atoms with van der Waals surface area (Å²) in [6.45, 7) is 0.609. The number of hydrogen-bond acceptors (Lipinski definition) is 4. The minimum Gasteiger partial charge on any atom is -0.496 e. The van der Waals surface area contributed by atoms with Crippen LogP contribution < -0.4 is 15.2 Å². The van der Waals surface area contributed by atoms with Gasteiger partial charge in [-0.3, -0.25) is 0 Å². The number of hydrogen-bond donors (Lipinski definition) is 1. The van der Waals surface area contributed by atoms with Crippen molar-refractivity contribution in [2.45, 2.75) is 11.3 Å². The number of ether oxygens (including phenoxy) is 2. The molecule has 0 bridgehead atoms. The normalized spacial score (nSPS) is 10.1. The van der Waals surface area contributed by atoms with Gasteiger partial charge in [-0.05, 0) is 36.9 Å². The van der Waals surface area contributed by atoms with Gasteiger partial charge in [0, 0.05) is 0 Å². The average molecular weight is 228 g/mol. The van der Waals surface area contributed by atoms with E-state index in [1.54, 1.807) is 26.0 Å². The van der Waals surface area contributed by atoms with Gasteiger partial charge in [0.05, 0.1) is 19.1 Å². The van der Waals surface area contributed by atoms with E-state index in [1.165, 1.54) is 0 Å². The van der Waals surface area contributed by atoms with Crippen LogP contribution in [-0.4, -0.2) is 27.0 Å². The molecule has 4 heteroatoms. The molecule has 15 heavy (non-hydrogen) atoms. The average Bonchev–Trinajstić information content (AvgIpc) is 2.28. The summed E-state index contributed by atoms with van der Waals surface area (Å²) in [7, 11) is 3.35. The summed E-state index contributed by atoms with van der Waals surface area (Å²) in [5.41, 5.74) is 6.64. The summed E-state index contributed by atoms with van der Waals surface area (Å²) >= 11 is 1.64. The molecule has 0 saturated carbocycles. The Bertz CT molecular complexity index is 329. The maximum absolute atomic E-state index is 5.54. The van der Waals surface area contributed by atoms with Crippen LogP contribution in [0.1, 0.15) is 5.56 Å². The van der Waals surface area contributed by atoms with Gasteiger partial charge < -0.3 is 15.2 Å². The van der Waals surface area contributed by atoms with Crippen LogP contribution in [0.15, 0.2) is 17.0 Å². The Balaban J connectivity index is 3.15. The van der Waals surface area contributed by atoms with Crippen molar-refractivity contribution >= 4 is 11.8 Å². The Hall–Kier alpha value is -0.870. The molecule has 0 radical (unpaired) electrons. The van der Waals surface area contributed by atoms with Gasteiger partial charge in [-0.2, -0.15) is 0 Å². The van der Waals surface area contributed by atoms with Crippen LogP contribution in [-0.2, 0) is 6.42 Å². The third kappa shape index (κ3) is 2.79. The zero-order valence-corrected chi connectivity index (χ0v) is 10.2. The predicted molar refractivity (Wildman–Crippen MR) is 64.1 cm³/mol. The van der Waals surface area contributed by atoms with Gasteiger partial charge in [0.2, 0.25) is 0 Å². The lowest BCUT2D eigenvalue weighted by Crippen LogP contribution is -2.05. The Kier molecular flexibility index (Phi) is 4.78. The van der Waals surface area contributed by atoms with Gasteiger partial charge in [-0.1, -0.05) is 0 Å². The summed E-state index contributed by atoms with van der Waals surface area (Å²) in [6, 6.07) is 3.99. The second-order valence-corrected chi connectivity index (χ2v) is 3.91. The fraction of sp³-hybridized carbons (Fsp3) is 0.455. The highest BCUT2D eigenvalue weighted by Crippen LogP contribution is 2.34. The fourth-order valence-corrected chi connectivity index (χ4v) is 2.01. The van der Waals surface area contributed by atoms with Gasteiger partial charge in [0.1, 0.15) is 11.5 Å². The molecule has 0 spiro atoms. The minimum absolute atomic E-state index is 0.609. The Labute approximate surface area is 94.9 Å². The zero-order valence-electron chi connectivity index (χ0n) is 9.37. The molecule has 0 aliphatic carbocycles. The highest BCUT2D eigenvalue weighted by molar-refractivity contribution is 7.98. The topological polar surface area (TPSA) is 44.5 Å². The van der Waals surface area contributed by atoms with Crippen LogP contribution in [0.2, 0.25) is 0 Å². The largest absolute Gasteiger partial charge is 0.496 e. The summed E-state index contributed by atoms with van der Waals surface area (Å²) in [5.74, 6) is 1.76. The molecule has 0 atom stereocenters. The van der Waals surface area contributed by atoms with E-state index in [0.29, 0.717) is 6.54 Å². The number of benzene rings is 1. The van der Waals surface area contributed by atoms with E-state index >= 15 is 0 Å². The van der Waals surface area contributed by atoms with Gasteiger partial charge in [-0.25, -0.2) is 0 Å². The van der Waals surface area contributed by atoms with Crippen LogP contribution in [0.25, 0.3) is 0 Å². The quantitative estimate of drug-likeness (QED) is 0.782. The maximum atomic E-state index is 5.54. The minimum atomic E-state index is 0.609. The first kappa shape index (κ1) is 12.2. The van der Waals surface area contributed by atoms with Crippen molar-refractivity contribution < 1.29 is 9.47 Å². The Morgan fingerprint density at radius 3 is 2.33 bits per heavy atom. The Morgan fingerprint density at radius 2 is 1.87 bits per heavy atom. The van der Waals surface area contributed by atoms with Crippen LogP contribution in [0.4, 0.5) is 0 Å². The molecular formula is C11H17NO2S. The van der Waals surface area contributed by atoms with Crippen molar-refractivity contribution in [2.75, 3.05) is 27.0 Å². The number of rotatable bonds is 5. The van der Waals surface area contributed by atoms with Crippen molar-refractivity contribution in [1.29, 1.82) is 0 Å². The van der Waals surface area contributed by atoms with Crippen molar-refractivity contribution in [3.05, 3.63) is 17.7 Å². The van der Waals surface area contributed by atoms with Crippen molar-refractivity contribution in [2.24, 2.45) is 5.73 Å². The van der Waals surface area contributed by atoms with Crippen LogP contribution in [0, 0.1) is 0 Å². The van der Waals surface area contributed by atoms with E-state index in [0.717, 1.165) is 28.4 Å². The molecule has 0 saturated heterocycles. The van der Waals surface area contributed by atoms with E-state index in [4.69, 9.17) is 15.2 Å². The Morgan fingerprint density at radius 1 is 1.20 bits per heavy atom. The molecule has 1 rings (SSSR count). The summed E-state index contributed by atoms with van der Waals surface area (Å²) in [6.07, 6.45) is 2.81. The molecule has 1 aromatic rings. The van der Waals surface area contributed by atoms with Crippen LogP contribution >= 0.6 is 11.8 Å². The third-order valence-corrected chi connectivity index (χ3v) is 2.96. The summed E-state index contributed by atoms with van der Waals surface area (Å²) in [4.78, 5) is 1.08. The lowest BCUT2D eigenvalue weighted by Gasteiger charge is -2.13. The van der Waals surface area contributed by atoms with Gasteiger partial charge in [-0.15, -0.1) is 11.8 Å². The van der Waals surface area contributed by atoms with Crippen LogP contribution in [0.5, 0.6) is 11.5 Å². The monoisotopic (exact) mass is 228 g/mol. The fourth-order valence-electron chi connectivity index (χ4n) is 1.44. The molecule has 1 aromatic carbocycles. The second-order valence-electron chi connectivity index (χ2n) is 3.06. The molecule has 0 heterocycles. The zero-order chi connectivity index (χ0) is 11.3. The van der Waals surface area contributed by atoms with E-state index in [9.17, 15) is 0 Å². The lowest BCUT2D eigenvalue weighted by molar-refractivity contribution is 0.390. The van der Waals surface area contributed by atoms with E-state index < -0.39 is 0 Å². The van der Waals surface area contributed by atoms with Gasteiger partial charge in [0.15, 0.2) is 0 Å². The van der Waals surface area contributed by atoms with Crippen LogP contribution in [0.3, 0.4) is 0 Å². The molecule has 3 nitrogen and oxygen atoms in total. The first-order chi connectivity index (χ1) is 7.26.